The number of nitrogens with one attached hydrogen (secondary N) is 2. The Bertz CT molecular complexity index is 1350. The van der Waals surface area contributed by atoms with Crippen LogP contribution in [0.15, 0.2) is 53.4 Å². The summed E-state index contributed by atoms with van der Waals surface area (Å²) in [6.45, 7) is 3.96. The van der Waals surface area contributed by atoms with Crippen molar-refractivity contribution >= 4 is 21.9 Å². The van der Waals surface area contributed by atoms with Gasteiger partial charge in [0.25, 0.3) is 15.9 Å². The molecule has 1 amide bonds. The summed E-state index contributed by atoms with van der Waals surface area (Å²) >= 11 is 0. The van der Waals surface area contributed by atoms with Crippen LogP contribution in [-0.4, -0.2) is 36.4 Å². The Kier molecular flexibility index (Phi) is 5.73. The SMILES string of the molecule is Cc1cccc(C)c1-c1cc2nc(n1)NS(=O)(=O)c1cccc(c1)C(=O)N[C@@H]1CCCC[C@@H]1O2. The predicted molar refractivity (Wildman–Crippen MR) is 128 cm³/mol. The molecule has 9 heteroatoms. The highest BCUT2D eigenvalue weighted by atomic mass is 32.2. The quantitative estimate of drug-likeness (QED) is 0.547. The lowest BCUT2D eigenvalue weighted by Gasteiger charge is -2.32. The number of fused-ring (bicyclic) bond motifs is 5. The normalized spacial score (nSPS) is 21.4. The smallest absolute Gasteiger partial charge is 0.264 e. The Morgan fingerprint density at radius 3 is 2.50 bits per heavy atom. The van der Waals surface area contributed by atoms with Gasteiger partial charge in [0.1, 0.15) is 6.10 Å². The molecule has 176 valence electrons. The summed E-state index contributed by atoms with van der Waals surface area (Å²) in [5.74, 6) is -0.139. The number of ether oxygens (including phenoxy) is 1. The molecule has 2 aliphatic rings. The van der Waals surface area contributed by atoms with E-state index in [2.05, 4.69) is 20.0 Å². The van der Waals surface area contributed by atoms with E-state index in [1.807, 2.05) is 32.0 Å². The third-order valence-corrected chi connectivity index (χ3v) is 7.69. The van der Waals surface area contributed by atoms with Crippen LogP contribution in [0.25, 0.3) is 11.3 Å². The molecule has 3 aromatic rings. The Balaban J connectivity index is 1.68. The highest BCUT2D eigenvalue weighted by Gasteiger charge is 2.30. The zero-order chi connectivity index (χ0) is 23.9. The highest BCUT2D eigenvalue weighted by molar-refractivity contribution is 7.92. The number of rotatable bonds is 1. The van der Waals surface area contributed by atoms with Crippen LogP contribution < -0.4 is 14.8 Å². The number of hydrogen-bond acceptors (Lipinski definition) is 6. The van der Waals surface area contributed by atoms with Gasteiger partial charge in [-0.05, 0) is 62.4 Å². The average Bonchev–Trinajstić information content (AvgIpc) is 2.79. The molecule has 2 aromatic carbocycles. The summed E-state index contributed by atoms with van der Waals surface area (Å²) in [6.07, 6.45) is 3.19. The zero-order valence-electron chi connectivity index (χ0n) is 19.0. The summed E-state index contributed by atoms with van der Waals surface area (Å²) in [7, 11) is -4.04. The largest absolute Gasteiger partial charge is 0.472 e. The first-order chi connectivity index (χ1) is 16.3. The van der Waals surface area contributed by atoms with Crippen molar-refractivity contribution < 1.29 is 17.9 Å². The topological polar surface area (TPSA) is 110 Å². The number of benzene rings is 2. The van der Waals surface area contributed by atoms with Crippen molar-refractivity contribution in [3.05, 3.63) is 65.2 Å². The van der Waals surface area contributed by atoms with Gasteiger partial charge in [-0.1, -0.05) is 30.7 Å². The summed E-state index contributed by atoms with van der Waals surface area (Å²) in [5, 5.41) is 3.04. The number of hydrogen-bond donors (Lipinski definition) is 2. The fourth-order valence-electron chi connectivity index (χ4n) is 4.67. The van der Waals surface area contributed by atoms with Crippen LogP contribution in [0.5, 0.6) is 5.88 Å². The third-order valence-electron chi connectivity index (χ3n) is 6.36. The molecule has 1 aliphatic carbocycles. The molecule has 4 bridgehead atoms. The standard InChI is InChI=1S/C25H26N4O4S/c1-15-7-5-8-16(2)23(15)20-14-22-28-25(27-20)29-34(31,32)18-10-6-9-17(13-18)24(30)26-19-11-3-4-12-21(19)33-22/h5-10,13-14,19,21H,3-4,11-12H2,1-2H3,(H,26,30)(H,27,28,29)/t19-,21+/m1/s1. The number of sulfonamides is 1. The maximum atomic E-state index is 13.1. The second-order valence-corrected chi connectivity index (χ2v) is 10.5. The second-order valence-electron chi connectivity index (χ2n) is 8.84. The van der Waals surface area contributed by atoms with E-state index < -0.39 is 10.0 Å². The minimum absolute atomic E-state index is 0.0388. The number of amides is 1. The van der Waals surface area contributed by atoms with Crippen LogP contribution in [-0.2, 0) is 10.0 Å². The van der Waals surface area contributed by atoms with E-state index in [1.54, 1.807) is 18.2 Å². The Morgan fingerprint density at radius 2 is 1.71 bits per heavy atom. The molecular formula is C25H26N4O4S. The maximum Gasteiger partial charge on any atom is 0.264 e. The number of carbonyl (C=O) groups excluding carboxylic acids is 1. The van der Waals surface area contributed by atoms with Crippen molar-refractivity contribution in [2.45, 2.75) is 56.6 Å². The van der Waals surface area contributed by atoms with E-state index in [4.69, 9.17) is 4.74 Å². The summed E-state index contributed by atoms with van der Waals surface area (Å²) in [5.41, 5.74) is 3.75. The fraction of sp³-hybridized carbons (Fsp3) is 0.320. The van der Waals surface area contributed by atoms with Gasteiger partial charge in [-0.3, -0.25) is 4.79 Å². The minimum atomic E-state index is -4.04. The Hall–Kier alpha value is -3.46. The minimum Gasteiger partial charge on any atom is -0.472 e. The van der Waals surface area contributed by atoms with Crippen LogP contribution in [0.2, 0.25) is 0 Å². The van der Waals surface area contributed by atoms with Gasteiger partial charge >= 0.3 is 0 Å². The fourth-order valence-corrected chi connectivity index (χ4v) is 5.66. The predicted octanol–water partition coefficient (Wildman–Crippen LogP) is 3.99. The molecule has 0 saturated heterocycles. The van der Waals surface area contributed by atoms with Crippen molar-refractivity contribution in [3.8, 4) is 17.1 Å². The monoisotopic (exact) mass is 478 g/mol. The van der Waals surface area contributed by atoms with Crippen molar-refractivity contribution in [1.29, 1.82) is 0 Å². The molecule has 1 aliphatic heterocycles. The first kappa shape index (κ1) is 22.3. The van der Waals surface area contributed by atoms with Crippen molar-refractivity contribution in [2.75, 3.05) is 4.72 Å². The van der Waals surface area contributed by atoms with E-state index in [1.165, 1.54) is 12.1 Å². The lowest BCUT2D eigenvalue weighted by molar-refractivity contribution is 0.0785. The van der Waals surface area contributed by atoms with E-state index in [0.717, 1.165) is 42.4 Å². The number of carbonyl (C=O) groups is 1. The van der Waals surface area contributed by atoms with Gasteiger partial charge in [0, 0.05) is 17.2 Å². The molecule has 0 unspecified atom stereocenters. The average molecular weight is 479 g/mol. The van der Waals surface area contributed by atoms with Gasteiger partial charge in [-0.2, -0.15) is 4.98 Å². The van der Waals surface area contributed by atoms with Gasteiger partial charge in [-0.25, -0.2) is 18.1 Å². The number of nitrogens with zero attached hydrogens (tertiary/aromatic N) is 2. The Labute approximate surface area is 198 Å². The molecule has 2 N–H and O–H groups in total. The molecule has 0 radical (unpaired) electrons. The van der Waals surface area contributed by atoms with Crippen LogP contribution in [0.4, 0.5) is 5.95 Å². The van der Waals surface area contributed by atoms with E-state index in [0.29, 0.717) is 5.69 Å². The second kappa shape index (κ2) is 8.72. The maximum absolute atomic E-state index is 13.1. The van der Waals surface area contributed by atoms with E-state index in [9.17, 15) is 13.2 Å². The van der Waals surface area contributed by atoms with E-state index >= 15 is 0 Å². The molecule has 8 nitrogen and oxygen atoms in total. The van der Waals surface area contributed by atoms with Gasteiger partial charge in [0.15, 0.2) is 0 Å². The molecule has 2 heterocycles. The number of anilines is 1. The zero-order valence-corrected chi connectivity index (χ0v) is 19.9. The molecule has 1 fully saturated rings. The number of aromatic nitrogens is 2. The van der Waals surface area contributed by atoms with Crippen LogP contribution >= 0.6 is 0 Å². The molecular weight excluding hydrogens is 452 g/mol. The molecule has 1 aromatic heterocycles. The van der Waals surface area contributed by atoms with Gasteiger partial charge in [0.05, 0.1) is 16.6 Å². The highest BCUT2D eigenvalue weighted by Crippen LogP contribution is 2.31. The van der Waals surface area contributed by atoms with E-state index in [-0.39, 0.29) is 40.3 Å². The molecule has 34 heavy (non-hydrogen) atoms. The van der Waals surface area contributed by atoms with Crippen LogP contribution in [0.3, 0.4) is 0 Å². The molecule has 2 atom stereocenters. The molecule has 5 rings (SSSR count). The third kappa shape index (κ3) is 4.35. The van der Waals surface area contributed by atoms with Crippen molar-refractivity contribution in [3.63, 3.8) is 0 Å². The Morgan fingerprint density at radius 1 is 0.971 bits per heavy atom. The van der Waals surface area contributed by atoms with Crippen LogP contribution in [0, 0.1) is 13.8 Å². The summed E-state index contributed by atoms with van der Waals surface area (Å²) in [6, 6.07) is 13.4. The van der Waals surface area contributed by atoms with Gasteiger partial charge < -0.3 is 10.1 Å². The van der Waals surface area contributed by atoms with Crippen LogP contribution in [0.1, 0.15) is 47.2 Å². The lowest BCUT2D eigenvalue weighted by atomic mass is 9.92. The van der Waals surface area contributed by atoms with Crippen molar-refractivity contribution in [2.24, 2.45) is 0 Å². The lowest BCUT2D eigenvalue weighted by Crippen LogP contribution is -2.47. The summed E-state index contributed by atoms with van der Waals surface area (Å²) in [4.78, 5) is 21.8. The van der Waals surface area contributed by atoms with Crippen molar-refractivity contribution in [1.82, 2.24) is 15.3 Å². The molecule has 0 spiro atoms. The molecule has 1 saturated carbocycles. The first-order valence-electron chi connectivity index (χ1n) is 11.4. The van der Waals surface area contributed by atoms with Gasteiger partial charge in [-0.15, -0.1) is 0 Å². The number of aryl methyl sites for hydroxylation is 2. The van der Waals surface area contributed by atoms with Gasteiger partial charge in [0.2, 0.25) is 11.8 Å². The first-order valence-corrected chi connectivity index (χ1v) is 12.8. The summed E-state index contributed by atoms with van der Waals surface area (Å²) < 4.78 is 35.1.